The number of hydrogen-bond acceptors (Lipinski definition) is 3. The number of aromatic nitrogens is 2. The Balaban J connectivity index is 1.57. The highest BCUT2D eigenvalue weighted by atomic mass is 19.3. The van der Waals surface area contributed by atoms with E-state index in [1.54, 1.807) is 11.9 Å². The van der Waals surface area contributed by atoms with Crippen LogP contribution in [0.15, 0.2) is 35.6 Å². The first-order chi connectivity index (χ1) is 13.0. The van der Waals surface area contributed by atoms with E-state index in [1.807, 2.05) is 0 Å². The highest BCUT2D eigenvalue weighted by Crippen LogP contribution is 2.26. The van der Waals surface area contributed by atoms with E-state index in [0.29, 0.717) is 25.5 Å². The number of anilines is 1. The minimum Gasteiger partial charge on any atom is -0.365 e. The maximum atomic E-state index is 13.9. The first kappa shape index (κ1) is 19.0. The lowest BCUT2D eigenvalue weighted by Gasteiger charge is -2.21. The van der Waals surface area contributed by atoms with E-state index in [4.69, 9.17) is 0 Å². The van der Waals surface area contributed by atoms with Crippen molar-refractivity contribution in [3.8, 4) is 0 Å². The lowest BCUT2D eigenvalue weighted by Crippen LogP contribution is -2.44. The van der Waals surface area contributed by atoms with Gasteiger partial charge in [0, 0.05) is 38.6 Å². The second-order valence-electron chi connectivity index (χ2n) is 6.10. The maximum Gasteiger partial charge on any atom is 0.319 e. The van der Waals surface area contributed by atoms with Crippen LogP contribution in [0.4, 0.5) is 23.2 Å². The molecule has 1 atom stereocenters. The van der Waals surface area contributed by atoms with Gasteiger partial charge in [-0.15, -0.1) is 0 Å². The molecule has 1 aliphatic heterocycles. The molecule has 2 heterocycles. The third-order valence-electron chi connectivity index (χ3n) is 4.38. The van der Waals surface area contributed by atoms with Crippen molar-refractivity contribution in [2.45, 2.75) is 25.6 Å². The number of aliphatic imine (C=N–C) groups is 1. The quantitative estimate of drug-likeness (QED) is 0.473. The second-order valence-corrected chi connectivity index (χ2v) is 6.10. The van der Waals surface area contributed by atoms with E-state index in [2.05, 4.69) is 20.6 Å². The number of guanidine groups is 1. The summed E-state index contributed by atoms with van der Waals surface area (Å²) in [6.07, 6.45) is 3.16. The Morgan fingerprint density at radius 3 is 2.74 bits per heavy atom. The Kier molecular flexibility index (Phi) is 5.82. The summed E-state index contributed by atoms with van der Waals surface area (Å²) >= 11 is 0. The van der Waals surface area contributed by atoms with Gasteiger partial charge in [0.15, 0.2) is 5.96 Å². The molecule has 6 nitrogen and oxygen atoms in total. The van der Waals surface area contributed by atoms with Crippen LogP contribution in [0.2, 0.25) is 0 Å². The van der Waals surface area contributed by atoms with Gasteiger partial charge in [0.05, 0.1) is 6.54 Å². The molecule has 10 heteroatoms. The molecule has 0 bridgehead atoms. The summed E-state index contributed by atoms with van der Waals surface area (Å²) in [4.78, 5) is 9.59. The summed E-state index contributed by atoms with van der Waals surface area (Å²) in [7, 11) is 1.55. The van der Waals surface area contributed by atoms with Gasteiger partial charge in [0.2, 0.25) is 0 Å². The van der Waals surface area contributed by atoms with Gasteiger partial charge in [0.25, 0.3) is 0 Å². The van der Waals surface area contributed by atoms with Gasteiger partial charge in [-0.3, -0.25) is 9.56 Å². The van der Waals surface area contributed by atoms with Gasteiger partial charge in [-0.1, -0.05) is 6.07 Å². The van der Waals surface area contributed by atoms with Crippen LogP contribution in [0.5, 0.6) is 0 Å². The molecule has 2 aromatic rings. The molecule has 0 aliphatic carbocycles. The number of alkyl halides is 2. The van der Waals surface area contributed by atoms with E-state index in [-0.39, 0.29) is 24.1 Å². The van der Waals surface area contributed by atoms with E-state index in [1.165, 1.54) is 30.6 Å². The summed E-state index contributed by atoms with van der Waals surface area (Å²) in [6.45, 7) is -1.72. The van der Waals surface area contributed by atoms with Crippen molar-refractivity contribution in [3.05, 3.63) is 48.1 Å². The highest BCUT2D eigenvalue weighted by molar-refractivity contribution is 5.80. The lowest BCUT2D eigenvalue weighted by atomic mass is 10.2. The molecule has 1 aliphatic rings. The highest BCUT2D eigenvalue weighted by Gasteiger charge is 2.27. The van der Waals surface area contributed by atoms with Crippen molar-refractivity contribution in [1.82, 2.24) is 20.2 Å². The molecule has 2 N–H and O–H groups in total. The summed E-state index contributed by atoms with van der Waals surface area (Å²) < 4.78 is 54.3. The number of halogens is 4. The van der Waals surface area contributed by atoms with Gasteiger partial charge in [-0.25, -0.2) is 13.8 Å². The topological polar surface area (TPSA) is 57.5 Å². The number of para-hydroxylation sites is 1. The zero-order valence-corrected chi connectivity index (χ0v) is 14.7. The Bertz CT molecular complexity index is 786. The minimum absolute atomic E-state index is 0.0382. The van der Waals surface area contributed by atoms with Crippen molar-refractivity contribution in [1.29, 1.82) is 0 Å². The molecule has 1 fully saturated rings. The number of rotatable bonds is 5. The van der Waals surface area contributed by atoms with E-state index < -0.39 is 18.2 Å². The van der Waals surface area contributed by atoms with Crippen molar-refractivity contribution in [2.24, 2.45) is 4.99 Å². The average molecular weight is 384 g/mol. The first-order valence-corrected chi connectivity index (χ1v) is 8.45. The second kappa shape index (κ2) is 8.28. The zero-order chi connectivity index (χ0) is 19.4. The molecule has 0 radical (unpaired) electrons. The average Bonchev–Trinajstić information content (AvgIpc) is 3.28. The van der Waals surface area contributed by atoms with Crippen LogP contribution in [-0.2, 0) is 6.54 Å². The summed E-state index contributed by atoms with van der Waals surface area (Å²) in [5.74, 6) is -0.622. The van der Waals surface area contributed by atoms with Crippen molar-refractivity contribution < 1.29 is 17.6 Å². The predicted molar refractivity (Wildman–Crippen MR) is 93.8 cm³/mol. The largest absolute Gasteiger partial charge is 0.365 e. The maximum absolute atomic E-state index is 13.9. The molecule has 1 aromatic carbocycles. The van der Waals surface area contributed by atoms with Crippen LogP contribution < -0.4 is 15.5 Å². The zero-order valence-electron chi connectivity index (χ0n) is 14.7. The number of nitrogens with one attached hydrogen (secondary N) is 2. The van der Waals surface area contributed by atoms with Gasteiger partial charge in [-0.2, -0.15) is 8.78 Å². The van der Waals surface area contributed by atoms with Gasteiger partial charge in [-0.05, 0) is 18.6 Å². The Morgan fingerprint density at radius 2 is 2.07 bits per heavy atom. The monoisotopic (exact) mass is 384 g/mol. The van der Waals surface area contributed by atoms with E-state index in [0.717, 1.165) is 4.57 Å². The smallest absolute Gasteiger partial charge is 0.319 e. The van der Waals surface area contributed by atoms with Crippen LogP contribution in [0.3, 0.4) is 0 Å². The fourth-order valence-corrected chi connectivity index (χ4v) is 3.08. The standard InChI is InChI=1S/C17H20F4N6/c1-22-17(24-9-14-23-6-8-27(14)16(20)21)25-11-5-7-26(10-11)15-12(18)3-2-4-13(15)19/h2-4,6,8,11,16H,5,7,9-10H2,1H3,(H2,22,24,25). The number of benzene rings is 1. The molecular formula is C17H20F4N6. The molecule has 0 spiro atoms. The van der Waals surface area contributed by atoms with Crippen LogP contribution in [0.25, 0.3) is 0 Å². The molecular weight excluding hydrogens is 364 g/mol. The van der Waals surface area contributed by atoms with Crippen molar-refractivity contribution in [3.63, 3.8) is 0 Å². The van der Waals surface area contributed by atoms with E-state index >= 15 is 0 Å². The molecule has 27 heavy (non-hydrogen) atoms. The van der Waals surface area contributed by atoms with Crippen molar-refractivity contribution >= 4 is 11.6 Å². The number of imidazole rings is 1. The molecule has 0 amide bonds. The molecule has 3 rings (SSSR count). The van der Waals surface area contributed by atoms with Crippen LogP contribution in [0, 0.1) is 11.6 Å². The van der Waals surface area contributed by atoms with Crippen LogP contribution in [0.1, 0.15) is 18.8 Å². The number of nitrogens with zero attached hydrogens (tertiary/aromatic N) is 4. The summed E-state index contributed by atoms with van der Waals surface area (Å²) in [5.41, 5.74) is -0.0382. The lowest BCUT2D eigenvalue weighted by molar-refractivity contribution is 0.0668. The van der Waals surface area contributed by atoms with E-state index in [9.17, 15) is 17.6 Å². The SMILES string of the molecule is CN=C(NCc1nccn1C(F)F)NC1CCN(c2c(F)cccc2F)C1. The van der Waals surface area contributed by atoms with Gasteiger partial charge in [0.1, 0.15) is 23.1 Å². The number of hydrogen-bond donors (Lipinski definition) is 2. The molecule has 1 unspecified atom stereocenters. The molecule has 0 saturated carbocycles. The fraction of sp³-hybridized carbons (Fsp3) is 0.412. The third kappa shape index (κ3) is 4.32. The van der Waals surface area contributed by atoms with Crippen LogP contribution >= 0.6 is 0 Å². The van der Waals surface area contributed by atoms with Crippen molar-refractivity contribution in [2.75, 3.05) is 25.0 Å². The fourth-order valence-electron chi connectivity index (χ4n) is 3.08. The summed E-state index contributed by atoms with van der Waals surface area (Å²) in [5, 5.41) is 6.07. The third-order valence-corrected chi connectivity index (χ3v) is 4.38. The Morgan fingerprint density at radius 1 is 1.33 bits per heavy atom. The Hall–Kier alpha value is -2.78. The summed E-state index contributed by atoms with van der Waals surface area (Å²) in [6, 6.07) is 3.69. The van der Waals surface area contributed by atoms with Gasteiger partial charge < -0.3 is 15.5 Å². The van der Waals surface area contributed by atoms with Crippen LogP contribution in [-0.4, -0.2) is 41.7 Å². The minimum atomic E-state index is -2.67. The first-order valence-electron chi connectivity index (χ1n) is 8.45. The Labute approximate surface area is 153 Å². The molecule has 1 aromatic heterocycles. The normalized spacial score (nSPS) is 17.6. The predicted octanol–water partition coefficient (Wildman–Crippen LogP) is 2.50. The van der Waals surface area contributed by atoms with Gasteiger partial charge >= 0.3 is 6.55 Å². The molecule has 146 valence electrons. The molecule has 1 saturated heterocycles.